The highest BCUT2D eigenvalue weighted by Gasteiger charge is 2.18. The van der Waals surface area contributed by atoms with Gasteiger partial charge in [0.2, 0.25) is 0 Å². The molecule has 0 saturated heterocycles. The number of anilines is 1. The zero-order valence-corrected chi connectivity index (χ0v) is 15.2. The smallest absolute Gasteiger partial charge is 0.279 e. The van der Waals surface area contributed by atoms with Crippen molar-refractivity contribution in [2.75, 3.05) is 32.5 Å². The molecule has 2 rings (SSSR count). The van der Waals surface area contributed by atoms with E-state index in [4.69, 9.17) is 11.6 Å². The molecule has 132 valence electrons. The maximum Gasteiger partial charge on any atom is 0.279 e. The van der Waals surface area contributed by atoms with Crippen LogP contribution in [0.4, 0.5) is 5.69 Å². The van der Waals surface area contributed by atoms with Crippen LogP contribution in [0, 0.1) is 0 Å². The zero-order valence-electron chi connectivity index (χ0n) is 14.5. The topological polar surface area (TPSA) is 53.9 Å². The predicted octanol–water partition coefficient (Wildman–Crippen LogP) is 1.45. The van der Waals surface area contributed by atoms with Gasteiger partial charge in [0.15, 0.2) is 13.1 Å². The average molecular weight is 361 g/mol. The standard InChI is InChI=1S/C19H22ClN3O2/c1-22(13-18(24)21-17-11-7-6-10-16(17)20)14-19(25)23(2)12-15-8-4-3-5-9-15/h3-11H,12-14H2,1-2H3,(H,21,24)/p+1. The summed E-state index contributed by atoms with van der Waals surface area (Å²) in [5.74, 6) is -0.184. The third-order valence-electron chi connectivity index (χ3n) is 3.75. The molecule has 25 heavy (non-hydrogen) atoms. The normalized spacial score (nSPS) is 11.6. The molecule has 0 spiro atoms. The van der Waals surface area contributed by atoms with E-state index in [-0.39, 0.29) is 24.9 Å². The molecule has 2 amide bonds. The molecule has 0 radical (unpaired) electrons. The van der Waals surface area contributed by atoms with Gasteiger partial charge in [0.05, 0.1) is 17.8 Å². The van der Waals surface area contributed by atoms with Gasteiger partial charge in [-0.1, -0.05) is 54.1 Å². The summed E-state index contributed by atoms with van der Waals surface area (Å²) in [6, 6.07) is 16.9. The van der Waals surface area contributed by atoms with Crippen molar-refractivity contribution in [2.45, 2.75) is 6.54 Å². The first-order valence-corrected chi connectivity index (χ1v) is 8.47. The summed E-state index contributed by atoms with van der Waals surface area (Å²) in [6.45, 7) is 0.994. The lowest BCUT2D eigenvalue weighted by atomic mass is 10.2. The molecule has 0 aromatic heterocycles. The molecule has 2 aromatic carbocycles. The number of hydrogen-bond acceptors (Lipinski definition) is 2. The van der Waals surface area contributed by atoms with Crippen LogP contribution < -0.4 is 10.2 Å². The minimum atomic E-state index is -0.177. The van der Waals surface area contributed by atoms with Gasteiger partial charge in [-0.05, 0) is 17.7 Å². The van der Waals surface area contributed by atoms with Crippen LogP contribution in [0.15, 0.2) is 54.6 Å². The Morgan fingerprint density at radius 2 is 1.68 bits per heavy atom. The molecule has 0 fully saturated rings. The van der Waals surface area contributed by atoms with E-state index in [1.54, 1.807) is 36.2 Å². The van der Waals surface area contributed by atoms with Crippen LogP contribution in [0.2, 0.25) is 5.02 Å². The number of rotatable bonds is 7. The summed E-state index contributed by atoms with van der Waals surface area (Å²) in [5.41, 5.74) is 1.65. The van der Waals surface area contributed by atoms with E-state index in [1.807, 2.05) is 37.4 Å². The second-order valence-corrected chi connectivity index (χ2v) is 6.48. The first kappa shape index (κ1) is 19.0. The second kappa shape index (κ2) is 9.20. The van der Waals surface area contributed by atoms with E-state index in [0.29, 0.717) is 17.3 Å². The molecule has 0 heterocycles. The fourth-order valence-electron chi connectivity index (χ4n) is 2.43. The van der Waals surface area contributed by atoms with Crippen molar-refractivity contribution in [3.63, 3.8) is 0 Å². The van der Waals surface area contributed by atoms with Crippen LogP contribution in [0.25, 0.3) is 0 Å². The Labute approximate surface area is 153 Å². The predicted molar refractivity (Wildman–Crippen MR) is 99.6 cm³/mol. The Balaban J connectivity index is 1.80. The SMILES string of the molecule is CN(Cc1ccccc1)C(=O)C[NH+](C)CC(=O)Nc1ccccc1Cl. The van der Waals surface area contributed by atoms with Crippen molar-refractivity contribution in [1.82, 2.24) is 4.90 Å². The molecule has 0 aliphatic carbocycles. The first-order valence-electron chi connectivity index (χ1n) is 8.09. The van der Waals surface area contributed by atoms with E-state index in [0.717, 1.165) is 10.5 Å². The van der Waals surface area contributed by atoms with Crippen LogP contribution in [0.5, 0.6) is 0 Å². The Kier molecular flexibility index (Phi) is 6.98. The van der Waals surface area contributed by atoms with Gasteiger partial charge in [-0.2, -0.15) is 0 Å². The van der Waals surface area contributed by atoms with Gasteiger partial charge in [-0.15, -0.1) is 0 Å². The molecule has 5 nitrogen and oxygen atoms in total. The molecule has 2 N–H and O–H groups in total. The third-order valence-corrected chi connectivity index (χ3v) is 4.08. The van der Waals surface area contributed by atoms with E-state index in [2.05, 4.69) is 5.32 Å². The number of hydrogen-bond donors (Lipinski definition) is 2. The number of para-hydroxylation sites is 1. The summed E-state index contributed by atoms with van der Waals surface area (Å²) in [4.78, 5) is 26.9. The summed E-state index contributed by atoms with van der Waals surface area (Å²) in [6.07, 6.45) is 0. The highest BCUT2D eigenvalue weighted by molar-refractivity contribution is 6.33. The van der Waals surface area contributed by atoms with Crippen LogP contribution in [-0.2, 0) is 16.1 Å². The number of amides is 2. The summed E-state index contributed by atoms with van der Waals surface area (Å²) in [7, 11) is 3.59. The minimum absolute atomic E-state index is 0.00750. The number of benzene rings is 2. The lowest BCUT2D eigenvalue weighted by Crippen LogP contribution is -3.11. The first-order chi connectivity index (χ1) is 12.0. The number of carbonyl (C=O) groups is 2. The lowest BCUT2D eigenvalue weighted by molar-refractivity contribution is -0.862. The molecule has 1 unspecified atom stereocenters. The maximum absolute atomic E-state index is 12.3. The lowest BCUT2D eigenvalue weighted by Gasteiger charge is -2.20. The van der Waals surface area contributed by atoms with Gasteiger partial charge >= 0.3 is 0 Å². The van der Waals surface area contributed by atoms with Crippen LogP contribution in [0.3, 0.4) is 0 Å². The van der Waals surface area contributed by atoms with Gasteiger partial charge in [0.1, 0.15) is 0 Å². The van der Waals surface area contributed by atoms with Crippen molar-refractivity contribution in [3.05, 3.63) is 65.2 Å². The molecule has 1 atom stereocenters. The molecular weight excluding hydrogens is 338 g/mol. The maximum atomic E-state index is 12.3. The van der Waals surface area contributed by atoms with Crippen molar-refractivity contribution < 1.29 is 14.5 Å². The molecular formula is C19H23ClN3O2+. The monoisotopic (exact) mass is 360 g/mol. The Morgan fingerprint density at radius 1 is 1.04 bits per heavy atom. The van der Waals surface area contributed by atoms with Gasteiger partial charge < -0.3 is 15.1 Å². The number of carbonyl (C=O) groups excluding carboxylic acids is 2. The number of nitrogens with zero attached hydrogens (tertiary/aromatic N) is 1. The van der Waals surface area contributed by atoms with Gasteiger partial charge in [0, 0.05) is 13.6 Å². The molecule has 0 saturated carbocycles. The van der Waals surface area contributed by atoms with Crippen molar-refractivity contribution >= 4 is 29.1 Å². The molecule has 0 bridgehead atoms. The Morgan fingerprint density at radius 3 is 2.36 bits per heavy atom. The molecule has 0 aliphatic heterocycles. The molecule has 6 heteroatoms. The summed E-state index contributed by atoms with van der Waals surface area (Å²) >= 11 is 6.03. The number of nitrogens with one attached hydrogen (secondary N) is 2. The highest BCUT2D eigenvalue weighted by atomic mass is 35.5. The fourth-order valence-corrected chi connectivity index (χ4v) is 2.62. The van der Waals surface area contributed by atoms with E-state index >= 15 is 0 Å². The fraction of sp³-hybridized carbons (Fsp3) is 0.263. The Bertz CT molecular complexity index is 722. The summed E-state index contributed by atoms with van der Waals surface area (Å²) in [5, 5.41) is 3.26. The van der Waals surface area contributed by atoms with Crippen molar-refractivity contribution in [3.8, 4) is 0 Å². The largest absolute Gasteiger partial charge is 0.337 e. The van der Waals surface area contributed by atoms with Crippen LogP contribution in [0.1, 0.15) is 5.56 Å². The second-order valence-electron chi connectivity index (χ2n) is 6.07. The van der Waals surface area contributed by atoms with Gasteiger partial charge in [-0.3, -0.25) is 9.59 Å². The minimum Gasteiger partial charge on any atom is -0.337 e. The summed E-state index contributed by atoms with van der Waals surface area (Å²) < 4.78 is 0. The van der Waals surface area contributed by atoms with Gasteiger partial charge in [0.25, 0.3) is 11.8 Å². The quantitative estimate of drug-likeness (QED) is 0.785. The zero-order chi connectivity index (χ0) is 18.2. The average Bonchev–Trinajstić information content (AvgIpc) is 2.57. The van der Waals surface area contributed by atoms with Crippen LogP contribution >= 0.6 is 11.6 Å². The van der Waals surface area contributed by atoms with Gasteiger partial charge in [-0.25, -0.2) is 0 Å². The molecule has 2 aromatic rings. The van der Waals surface area contributed by atoms with Crippen molar-refractivity contribution in [1.29, 1.82) is 0 Å². The van der Waals surface area contributed by atoms with Crippen LogP contribution in [-0.4, -0.2) is 43.9 Å². The van der Waals surface area contributed by atoms with E-state index in [9.17, 15) is 9.59 Å². The Hall–Kier alpha value is -2.37. The highest BCUT2D eigenvalue weighted by Crippen LogP contribution is 2.19. The van der Waals surface area contributed by atoms with Crippen molar-refractivity contribution in [2.24, 2.45) is 0 Å². The van der Waals surface area contributed by atoms with E-state index < -0.39 is 0 Å². The number of likely N-dealkylation sites (N-methyl/N-ethyl adjacent to an activating group) is 2. The van der Waals surface area contributed by atoms with E-state index in [1.165, 1.54) is 0 Å². The number of quaternary nitrogens is 1. The molecule has 0 aliphatic rings. The number of halogens is 1. The third kappa shape index (κ3) is 6.21.